The molecular weight excluding hydrogens is 342 g/mol. The molecule has 1 aromatic heterocycles. The van der Waals surface area contributed by atoms with Gasteiger partial charge in [-0.15, -0.1) is 0 Å². The smallest absolute Gasteiger partial charge is 0.336 e. The van der Waals surface area contributed by atoms with Crippen LogP contribution in [0.3, 0.4) is 0 Å². The van der Waals surface area contributed by atoms with E-state index in [1.807, 2.05) is 36.4 Å². The molecule has 4 aromatic rings. The van der Waals surface area contributed by atoms with Gasteiger partial charge in [-0.25, -0.2) is 9.78 Å². The average molecular weight is 359 g/mol. The van der Waals surface area contributed by atoms with Crippen molar-refractivity contribution < 1.29 is 19.4 Å². The van der Waals surface area contributed by atoms with Crippen LogP contribution in [-0.2, 0) is 0 Å². The zero-order valence-corrected chi connectivity index (χ0v) is 14.9. The lowest BCUT2D eigenvalue weighted by molar-refractivity contribution is 0.0699. The van der Waals surface area contributed by atoms with Crippen LogP contribution in [0.2, 0.25) is 0 Å². The molecule has 0 atom stereocenters. The molecule has 0 aliphatic rings. The van der Waals surface area contributed by atoms with E-state index in [1.54, 1.807) is 38.5 Å². The van der Waals surface area contributed by atoms with Gasteiger partial charge >= 0.3 is 5.97 Å². The summed E-state index contributed by atoms with van der Waals surface area (Å²) in [4.78, 5) is 16.7. The first kappa shape index (κ1) is 16.8. The van der Waals surface area contributed by atoms with Gasteiger partial charge < -0.3 is 14.6 Å². The number of hydrogen-bond acceptors (Lipinski definition) is 4. The van der Waals surface area contributed by atoms with E-state index in [2.05, 4.69) is 0 Å². The lowest BCUT2D eigenvalue weighted by Crippen LogP contribution is -2.02. The van der Waals surface area contributed by atoms with Crippen molar-refractivity contribution in [3.63, 3.8) is 0 Å². The van der Waals surface area contributed by atoms with Crippen LogP contribution in [0.4, 0.5) is 0 Å². The van der Waals surface area contributed by atoms with Crippen molar-refractivity contribution in [2.24, 2.45) is 0 Å². The van der Waals surface area contributed by atoms with E-state index in [9.17, 15) is 9.90 Å². The molecule has 0 aliphatic carbocycles. The minimum atomic E-state index is -1.02. The van der Waals surface area contributed by atoms with Gasteiger partial charge in [0.15, 0.2) is 0 Å². The minimum Gasteiger partial charge on any atom is -0.496 e. The first-order valence-corrected chi connectivity index (χ1v) is 8.41. The Morgan fingerprint density at radius 2 is 1.63 bits per heavy atom. The van der Waals surface area contributed by atoms with Crippen molar-refractivity contribution in [1.82, 2.24) is 4.98 Å². The van der Waals surface area contributed by atoms with E-state index in [-0.39, 0.29) is 5.56 Å². The number of hydrogen-bond donors (Lipinski definition) is 1. The molecular formula is C22H17NO4. The summed E-state index contributed by atoms with van der Waals surface area (Å²) in [5.74, 6) is 0.138. The van der Waals surface area contributed by atoms with E-state index in [4.69, 9.17) is 14.5 Å². The molecule has 27 heavy (non-hydrogen) atoms. The summed E-state index contributed by atoms with van der Waals surface area (Å²) in [7, 11) is 3.13. The van der Waals surface area contributed by atoms with Crippen molar-refractivity contribution >= 4 is 27.6 Å². The van der Waals surface area contributed by atoms with E-state index in [1.165, 1.54) is 0 Å². The normalized spacial score (nSPS) is 10.9. The van der Waals surface area contributed by atoms with Crippen molar-refractivity contribution in [2.45, 2.75) is 0 Å². The van der Waals surface area contributed by atoms with Gasteiger partial charge in [-0.1, -0.05) is 42.5 Å². The maximum Gasteiger partial charge on any atom is 0.336 e. The Morgan fingerprint density at radius 3 is 2.37 bits per heavy atom. The third-order valence-electron chi connectivity index (χ3n) is 4.62. The standard InChI is InChI=1S/C22H17NO4/c1-26-18-11-10-13-6-3-4-7-14(13)20(18)17-12-16(22(24)25)15-8-5-9-19(27-2)21(15)23-17/h3-12H,1-2H3,(H,24,25). The Kier molecular flexibility index (Phi) is 4.12. The van der Waals surface area contributed by atoms with E-state index >= 15 is 0 Å². The molecule has 0 unspecified atom stereocenters. The van der Waals surface area contributed by atoms with Crippen LogP contribution in [0.1, 0.15) is 10.4 Å². The van der Waals surface area contributed by atoms with Gasteiger partial charge in [-0.05, 0) is 29.0 Å². The van der Waals surface area contributed by atoms with Crippen LogP contribution < -0.4 is 9.47 Å². The summed E-state index contributed by atoms with van der Waals surface area (Å²) in [5.41, 5.74) is 1.96. The Morgan fingerprint density at radius 1 is 0.889 bits per heavy atom. The summed E-state index contributed by atoms with van der Waals surface area (Å²) >= 11 is 0. The molecule has 3 aromatic carbocycles. The number of ether oxygens (including phenoxy) is 2. The Hall–Kier alpha value is -3.60. The molecule has 5 nitrogen and oxygen atoms in total. The number of carboxylic acid groups (broad SMARTS) is 1. The van der Waals surface area contributed by atoms with Crippen LogP contribution in [0, 0.1) is 0 Å². The number of rotatable bonds is 4. The number of aromatic carboxylic acids is 1. The van der Waals surface area contributed by atoms with Gasteiger partial charge in [0.2, 0.25) is 0 Å². The number of carbonyl (C=O) groups is 1. The molecule has 1 N–H and O–H groups in total. The van der Waals surface area contributed by atoms with Gasteiger partial charge in [-0.2, -0.15) is 0 Å². The topological polar surface area (TPSA) is 68.7 Å². The summed E-state index contributed by atoms with van der Waals surface area (Å²) in [5, 5.41) is 12.3. The number of para-hydroxylation sites is 1. The molecule has 0 fully saturated rings. The van der Waals surface area contributed by atoms with Gasteiger partial charge in [0, 0.05) is 5.39 Å². The molecule has 4 rings (SSSR count). The van der Waals surface area contributed by atoms with Crippen molar-refractivity contribution in [3.8, 4) is 22.8 Å². The molecule has 0 amide bonds. The van der Waals surface area contributed by atoms with Crippen LogP contribution in [0.25, 0.3) is 32.9 Å². The number of fused-ring (bicyclic) bond motifs is 2. The number of pyridine rings is 1. The van der Waals surface area contributed by atoms with Gasteiger partial charge in [0.05, 0.1) is 31.0 Å². The average Bonchev–Trinajstić information content (AvgIpc) is 2.71. The number of carboxylic acids is 1. The highest BCUT2D eigenvalue weighted by Gasteiger charge is 2.19. The van der Waals surface area contributed by atoms with E-state index in [0.717, 1.165) is 16.3 Å². The number of benzene rings is 3. The fourth-order valence-electron chi connectivity index (χ4n) is 3.38. The number of methoxy groups -OCH3 is 2. The van der Waals surface area contributed by atoms with Gasteiger partial charge in [0.25, 0.3) is 0 Å². The van der Waals surface area contributed by atoms with Crippen LogP contribution in [0.5, 0.6) is 11.5 Å². The lowest BCUT2D eigenvalue weighted by Gasteiger charge is -2.14. The molecule has 0 radical (unpaired) electrons. The van der Waals surface area contributed by atoms with Gasteiger partial charge in [-0.3, -0.25) is 0 Å². The largest absolute Gasteiger partial charge is 0.496 e. The second-order valence-corrected chi connectivity index (χ2v) is 6.08. The molecule has 0 spiro atoms. The third kappa shape index (κ3) is 2.73. The predicted molar refractivity (Wildman–Crippen MR) is 105 cm³/mol. The molecule has 134 valence electrons. The Bertz CT molecular complexity index is 1180. The monoisotopic (exact) mass is 359 g/mol. The molecule has 0 aliphatic heterocycles. The van der Waals surface area contributed by atoms with Crippen LogP contribution >= 0.6 is 0 Å². The molecule has 0 bridgehead atoms. The zero-order chi connectivity index (χ0) is 19.0. The maximum absolute atomic E-state index is 11.9. The van der Waals surface area contributed by atoms with Crippen molar-refractivity contribution in [3.05, 3.63) is 66.2 Å². The van der Waals surface area contributed by atoms with Crippen LogP contribution in [0.15, 0.2) is 60.7 Å². The summed E-state index contributed by atoms with van der Waals surface area (Å²) < 4.78 is 11.0. The fraction of sp³-hybridized carbons (Fsp3) is 0.0909. The van der Waals surface area contributed by atoms with E-state index < -0.39 is 5.97 Å². The summed E-state index contributed by atoms with van der Waals surface area (Å²) in [6.45, 7) is 0. The number of aromatic nitrogens is 1. The second-order valence-electron chi connectivity index (χ2n) is 6.08. The fourth-order valence-corrected chi connectivity index (χ4v) is 3.38. The highest BCUT2D eigenvalue weighted by atomic mass is 16.5. The van der Waals surface area contributed by atoms with Crippen LogP contribution in [-0.4, -0.2) is 30.3 Å². The first-order valence-electron chi connectivity index (χ1n) is 8.41. The Labute approximate surface area is 155 Å². The van der Waals surface area contributed by atoms with Gasteiger partial charge in [0.1, 0.15) is 17.0 Å². The molecule has 0 saturated carbocycles. The quantitative estimate of drug-likeness (QED) is 0.568. The summed E-state index contributed by atoms with van der Waals surface area (Å²) in [6, 6.07) is 18.6. The van der Waals surface area contributed by atoms with Crippen molar-refractivity contribution in [2.75, 3.05) is 14.2 Å². The minimum absolute atomic E-state index is 0.170. The highest BCUT2D eigenvalue weighted by molar-refractivity contribution is 6.07. The zero-order valence-electron chi connectivity index (χ0n) is 14.9. The highest BCUT2D eigenvalue weighted by Crippen LogP contribution is 2.38. The van der Waals surface area contributed by atoms with Crippen molar-refractivity contribution in [1.29, 1.82) is 0 Å². The first-order chi connectivity index (χ1) is 13.1. The molecule has 0 saturated heterocycles. The molecule has 1 heterocycles. The predicted octanol–water partition coefficient (Wildman–Crippen LogP) is 4.77. The summed E-state index contributed by atoms with van der Waals surface area (Å²) in [6.07, 6.45) is 0. The molecule has 5 heteroatoms. The SMILES string of the molecule is COc1ccc2ccccc2c1-c1cc(C(=O)O)c2cccc(OC)c2n1. The lowest BCUT2D eigenvalue weighted by atomic mass is 9.98. The Balaban J connectivity index is 2.14. The van der Waals surface area contributed by atoms with E-state index in [0.29, 0.717) is 28.1 Å². The second kappa shape index (κ2) is 6.61. The maximum atomic E-state index is 11.9. The number of nitrogens with zero attached hydrogens (tertiary/aromatic N) is 1. The third-order valence-corrected chi connectivity index (χ3v) is 4.62.